The zero-order chi connectivity index (χ0) is 18.1. The van der Waals surface area contributed by atoms with Gasteiger partial charge in [0.1, 0.15) is 16.4 Å². The minimum absolute atomic E-state index is 0.00137. The lowest BCUT2D eigenvalue weighted by atomic mass is 9.96. The third-order valence-corrected chi connectivity index (χ3v) is 6.09. The molecule has 134 valence electrons. The number of sulfonamides is 1. The van der Waals surface area contributed by atoms with Gasteiger partial charge >= 0.3 is 5.97 Å². The predicted octanol–water partition coefficient (Wildman–Crippen LogP) is 0.813. The zero-order valence-corrected chi connectivity index (χ0v) is 14.7. The molecular formula is C14H18ClNO7S. The molecule has 1 aromatic carbocycles. The van der Waals surface area contributed by atoms with Crippen LogP contribution in [-0.2, 0) is 14.8 Å². The van der Waals surface area contributed by atoms with Crippen molar-refractivity contribution in [3.8, 4) is 11.5 Å². The Labute approximate surface area is 144 Å². The monoisotopic (exact) mass is 379 g/mol. The maximum atomic E-state index is 12.9. The van der Waals surface area contributed by atoms with Crippen LogP contribution in [0.2, 0.25) is 5.02 Å². The summed E-state index contributed by atoms with van der Waals surface area (Å²) in [7, 11) is -1.40. The van der Waals surface area contributed by atoms with E-state index in [0.717, 1.165) is 4.31 Å². The van der Waals surface area contributed by atoms with Crippen molar-refractivity contribution in [2.24, 2.45) is 5.92 Å². The lowest BCUT2D eigenvalue weighted by Gasteiger charge is -2.33. The van der Waals surface area contributed by atoms with Gasteiger partial charge in [0.25, 0.3) is 0 Å². The van der Waals surface area contributed by atoms with E-state index in [9.17, 15) is 18.3 Å². The molecule has 1 heterocycles. The molecule has 1 aliphatic heterocycles. The number of carboxylic acid groups (broad SMARTS) is 1. The summed E-state index contributed by atoms with van der Waals surface area (Å²) in [5.74, 6) is -2.25. The van der Waals surface area contributed by atoms with Crippen molar-refractivity contribution in [3.05, 3.63) is 17.2 Å². The number of halogens is 1. The summed E-state index contributed by atoms with van der Waals surface area (Å²) in [5.41, 5.74) is 0. The van der Waals surface area contributed by atoms with Crippen LogP contribution in [0.1, 0.15) is 6.42 Å². The van der Waals surface area contributed by atoms with E-state index in [1.54, 1.807) is 0 Å². The quantitative estimate of drug-likeness (QED) is 0.778. The normalized spacial score (nSPS) is 22.2. The van der Waals surface area contributed by atoms with Gasteiger partial charge in [-0.15, -0.1) is 0 Å². The molecule has 1 fully saturated rings. The van der Waals surface area contributed by atoms with Crippen LogP contribution in [0.5, 0.6) is 11.5 Å². The van der Waals surface area contributed by atoms with Crippen molar-refractivity contribution in [2.45, 2.75) is 17.4 Å². The minimum atomic E-state index is -4.05. The van der Waals surface area contributed by atoms with Gasteiger partial charge in [-0.1, -0.05) is 11.6 Å². The van der Waals surface area contributed by atoms with Gasteiger partial charge in [0.15, 0.2) is 0 Å². The summed E-state index contributed by atoms with van der Waals surface area (Å²) in [6.07, 6.45) is -1.06. The second-order valence-corrected chi connectivity index (χ2v) is 7.61. The number of carbonyl (C=O) groups is 1. The van der Waals surface area contributed by atoms with Crippen LogP contribution in [0.3, 0.4) is 0 Å². The Morgan fingerprint density at radius 1 is 1.29 bits per heavy atom. The molecule has 0 unspecified atom stereocenters. The van der Waals surface area contributed by atoms with Crippen molar-refractivity contribution >= 4 is 27.6 Å². The number of piperidine rings is 1. The van der Waals surface area contributed by atoms with Crippen molar-refractivity contribution in [3.63, 3.8) is 0 Å². The van der Waals surface area contributed by atoms with E-state index in [1.807, 2.05) is 0 Å². The maximum Gasteiger partial charge on any atom is 0.310 e. The van der Waals surface area contributed by atoms with Crippen molar-refractivity contribution in [1.82, 2.24) is 4.31 Å². The number of nitrogens with zero attached hydrogens (tertiary/aromatic N) is 1. The largest absolute Gasteiger partial charge is 0.495 e. The first-order chi connectivity index (χ1) is 11.2. The molecule has 1 aliphatic rings. The fourth-order valence-corrected chi connectivity index (χ4v) is 4.41. The molecule has 0 bridgehead atoms. The highest BCUT2D eigenvalue weighted by molar-refractivity contribution is 7.89. The number of aliphatic hydroxyl groups is 1. The molecular weight excluding hydrogens is 362 g/mol. The molecule has 0 saturated carbocycles. The molecule has 1 saturated heterocycles. The summed E-state index contributed by atoms with van der Waals surface area (Å²) >= 11 is 5.98. The molecule has 24 heavy (non-hydrogen) atoms. The maximum absolute atomic E-state index is 12.9. The van der Waals surface area contributed by atoms with Crippen LogP contribution in [0.15, 0.2) is 17.0 Å². The molecule has 0 amide bonds. The average Bonchev–Trinajstić information content (AvgIpc) is 2.54. The van der Waals surface area contributed by atoms with Crippen LogP contribution in [0.25, 0.3) is 0 Å². The van der Waals surface area contributed by atoms with E-state index in [1.165, 1.54) is 26.4 Å². The number of benzene rings is 1. The first-order valence-electron chi connectivity index (χ1n) is 7.05. The summed E-state index contributed by atoms with van der Waals surface area (Å²) in [4.78, 5) is 11.0. The van der Waals surface area contributed by atoms with Gasteiger partial charge in [0, 0.05) is 25.2 Å². The number of hydrogen-bond donors (Lipinski definition) is 2. The number of rotatable bonds is 5. The molecule has 0 spiro atoms. The molecule has 0 radical (unpaired) electrons. The van der Waals surface area contributed by atoms with Crippen LogP contribution >= 0.6 is 11.6 Å². The third-order valence-electron chi connectivity index (χ3n) is 3.91. The highest BCUT2D eigenvalue weighted by atomic mass is 35.5. The Morgan fingerprint density at radius 2 is 1.92 bits per heavy atom. The van der Waals surface area contributed by atoms with Crippen molar-refractivity contribution < 1.29 is 32.9 Å². The lowest BCUT2D eigenvalue weighted by molar-refractivity contribution is -0.147. The van der Waals surface area contributed by atoms with Gasteiger partial charge in [-0.05, 0) is 6.42 Å². The van der Waals surface area contributed by atoms with E-state index in [-0.39, 0.29) is 40.9 Å². The first-order valence-corrected chi connectivity index (χ1v) is 8.86. The SMILES string of the molecule is COc1cc(S(=O)(=O)N2CC[C@H](O)[C@@H](C(=O)O)C2)c(OC)cc1Cl. The predicted molar refractivity (Wildman–Crippen MR) is 85.1 cm³/mol. The number of methoxy groups -OCH3 is 2. The minimum Gasteiger partial charge on any atom is -0.495 e. The number of carboxylic acids is 1. The van der Waals surface area contributed by atoms with Crippen molar-refractivity contribution in [1.29, 1.82) is 0 Å². The van der Waals surface area contributed by atoms with Gasteiger partial charge in [0.2, 0.25) is 10.0 Å². The molecule has 0 aliphatic carbocycles. The summed E-state index contributed by atoms with van der Waals surface area (Å²) in [5, 5.41) is 19.1. The van der Waals surface area contributed by atoms with Crippen LogP contribution in [0, 0.1) is 5.92 Å². The Bertz CT molecular complexity index is 737. The molecule has 2 atom stereocenters. The average molecular weight is 380 g/mol. The van der Waals surface area contributed by atoms with E-state index in [0.29, 0.717) is 0 Å². The van der Waals surface area contributed by atoms with E-state index in [2.05, 4.69) is 0 Å². The fraction of sp³-hybridized carbons (Fsp3) is 0.500. The highest BCUT2D eigenvalue weighted by Gasteiger charge is 2.39. The van der Waals surface area contributed by atoms with Gasteiger partial charge < -0.3 is 19.7 Å². The van der Waals surface area contributed by atoms with Gasteiger partial charge in [-0.3, -0.25) is 4.79 Å². The third kappa shape index (κ3) is 3.44. The smallest absolute Gasteiger partial charge is 0.310 e. The van der Waals surface area contributed by atoms with Gasteiger partial charge in [0.05, 0.1) is 31.3 Å². The molecule has 1 aromatic rings. The summed E-state index contributed by atoms with van der Waals surface area (Å²) in [6, 6.07) is 2.55. The van der Waals surface area contributed by atoms with E-state index >= 15 is 0 Å². The van der Waals surface area contributed by atoms with Crippen molar-refractivity contribution in [2.75, 3.05) is 27.3 Å². The number of ether oxygens (including phenoxy) is 2. The number of hydrogen-bond acceptors (Lipinski definition) is 6. The molecule has 2 N–H and O–H groups in total. The second kappa shape index (κ2) is 7.14. The standard InChI is InChI=1S/C14H18ClNO7S/c1-22-11-6-13(12(23-2)5-9(11)15)24(20,21)16-4-3-10(17)8(7-16)14(18)19/h5-6,8,10,17H,3-4,7H2,1-2H3,(H,18,19)/t8-,10-/m0/s1. The van der Waals surface area contributed by atoms with E-state index in [4.69, 9.17) is 26.2 Å². The Balaban J connectivity index is 2.45. The Kier molecular flexibility index (Phi) is 5.59. The van der Waals surface area contributed by atoms with E-state index < -0.39 is 28.0 Å². The molecule has 8 nitrogen and oxygen atoms in total. The van der Waals surface area contributed by atoms with Crippen LogP contribution < -0.4 is 9.47 Å². The van der Waals surface area contributed by atoms with Crippen LogP contribution in [-0.4, -0.2) is 62.3 Å². The first kappa shape index (κ1) is 18.8. The molecule has 2 rings (SSSR count). The lowest BCUT2D eigenvalue weighted by Crippen LogP contribution is -2.48. The topological polar surface area (TPSA) is 113 Å². The summed E-state index contributed by atoms with van der Waals surface area (Å²) in [6.45, 7) is -0.325. The Hall–Kier alpha value is -1.55. The second-order valence-electron chi connectivity index (χ2n) is 5.30. The van der Waals surface area contributed by atoms with Gasteiger partial charge in [-0.25, -0.2) is 8.42 Å². The number of aliphatic hydroxyl groups excluding tert-OH is 1. The van der Waals surface area contributed by atoms with Crippen LogP contribution in [0.4, 0.5) is 0 Å². The highest BCUT2D eigenvalue weighted by Crippen LogP contribution is 2.37. The number of aliphatic carboxylic acids is 1. The zero-order valence-electron chi connectivity index (χ0n) is 13.1. The molecule has 0 aromatic heterocycles. The van der Waals surface area contributed by atoms with Gasteiger partial charge in [-0.2, -0.15) is 4.31 Å². The Morgan fingerprint density at radius 3 is 2.46 bits per heavy atom. The molecule has 10 heteroatoms. The summed E-state index contributed by atoms with van der Waals surface area (Å²) < 4.78 is 36.9. The fourth-order valence-electron chi connectivity index (χ4n) is 2.54.